The fourth-order valence-corrected chi connectivity index (χ4v) is 10.7. The summed E-state index contributed by atoms with van der Waals surface area (Å²) in [6.45, 7) is 7.48. The van der Waals surface area contributed by atoms with E-state index < -0.39 is 20.0 Å². The topological polar surface area (TPSA) is 120 Å². The van der Waals surface area contributed by atoms with Crippen LogP contribution in [-0.4, -0.2) is 39.7 Å². The van der Waals surface area contributed by atoms with Crippen molar-refractivity contribution in [2.45, 2.75) is 37.5 Å². The molecule has 0 spiro atoms. The molecule has 0 saturated carbocycles. The highest BCUT2D eigenvalue weighted by atomic mass is 127. The number of halogens is 3. The molecular formula is C38H30Br2IN5O4S2. The van der Waals surface area contributed by atoms with Gasteiger partial charge in [0.15, 0.2) is 11.3 Å². The minimum atomic E-state index is -3.81. The molecule has 0 bridgehead atoms. The van der Waals surface area contributed by atoms with Gasteiger partial charge in [0, 0.05) is 64.3 Å². The van der Waals surface area contributed by atoms with Crippen LogP contribution in [-0.2, 0) is 20.0 Å². The summed E-state index contributed by atoms with van der Waals surface area (Å²) in [7, 11) is -7.48. The second kappa shape index (κ2) is 13.9. The summed E-state index contributed by atoms with van der Waals surface area (Å²) in [5.74, 6) is 0. The first-order chi connectivity index (χ1) is 24.7. The standard InChI is InChI=1S/C23H18BrN3O2S.C15H12BrIN2O2S/c1-14-3-6-19(7-4-14)30(28,29)27-15(2)22(20-12-18(24)13-26-23(20)27)17-5-8-21-16(11-17)9-10-25-21;1-9-3-5-12(6-4-9)22(20,21)19-10(2)14(17)13-7-11(16)8-18-15(13)19/h3-13,25H,1-2H3;3-8H,1-2H3. The van der Waals surface area contributed by atoms with Crippen molar-refractivity contribution in [3.63, 3.8) is 0 Å². The molecule has 14 heteroatoms. The van der Waals surface area contributed by atoms with Crippen molar-refractivity contribution < 1.29 is 16.8 Å². The highest BCUT2D eigenvalue weighted by Crippen LogP contribution is 2.38. The molecular weight excluding hydrogens is 941 g/mol. The van der Waals surface area contributed by atoms with Gasteiger partial charge in [-0.1, -0.05) is 41.5 Å². The van der Waals surface area contributed by atoms with Gasteiger partial charge in [-0.3, -0.25) is 0 Å². The Morgan fingerprint density at radius 2 is 1.13 bits per heavy atom. The van der Waals surface area contributed by atoms with E-state index in [0.29, 0.717) is 22.7 Å². The third-order valence-corrected chi connectivity index (χ3v) is 14.6. The van der Waals surface area contributed by atoms with Crippen LogP contribution >= 0.6 is 54.5 Å². The van der Waals surface area contributed by atoms with Crippen molar-refractivity contribution in [3.8, 4) is 11.1 Å². The van der Waals surface area contributed by atoms with E-state index in [1.165, 1.54) is 7.94 Å². The van der Waals surface area contributed by atoms with Gasteiger partial charge in [0.05, 0.1) is 9.79 Å². The van der Waals surface area contributed by atoms with Crippen LogP contribution in [0.1, 0.15) is 22.5 Å². The number of aromatic amines is 1. The van der Waals surface area contributed by atoms with Crippen molar-refractivity contribution in [1.29, 1.82) is 0 Å². The summed E-state index contributed by atoms with van der Waals surface area (Å²) in [6.07, 6.45) is 5.13. The van der Waals surface area contributed by atoms with Crippen LogP contribution in [0.15, 0.2) is 122 Å². The first kappa shape index (κ1) is 36.5. The Kier molecular flexibility index (Phi) is 9.74. The predicted molar refractivity (Wildman–Crippen MR) is 222 cm³/mol. The molecule has 264 valence electrons. The van der Waals surface area contributed by atoms with Crippen molar-refractivity contribution in [3.05, 3.63) is 139 Å². The molecule has 8 rings (SSSR count). The Labute approximate surface area is 331 Å². The van der Waals surface area contributed by atoms with Gasteiger partial charge in [-0.2, -0.15) is 0 Å². The van der Waals surface area contributed by atoms with E-state index in [-0.39, 0.29) is 9.79 Å². The number of nitrogens with one attached hydrogen (secondary N) is 1. The maximum Gasteiger partial charge on any atom is 0.269 e. The summed E-state index contributed by atoms with van der Waals surface area (Å²) in [6, 6.07) is 25.6. The molecule has 52 heavy (non-hydrogen) atoms. The molecule has 0 amide bonds. The van der Waals surface area contributed by atoms with Gasteiger partial charge in [-0.15, -0.1) is 0 Å². The molecule has 0 radical (unpaired) electrons. The maximum absolute atomic E-state index is 13.6. The molecule has 5 aromatic heterocycles. The summed E-state index contributed by atoms with van der Waals surface area (Å²) in [4.78, 5) is 12.5. The van der Waals surface area contributed by atoms with Crippen LogP contribution in [0.3, 0.4) is 0 Å². The molecule has 0 aliphatic heterocycles. The number of aromatic nitrogens is 5. The van der Waals surface area contributed by atoms with Crippen molar-refractivity contribution in [2.24, 2.45) is 0 Å². The molecule has 0 fully saturated rings. The van der Waals surface area contributed by atoms with Crippen LogP contribution in [0.25, 0.3) is 44.1 Å². The van der Waals surface area contributed by atoms with Crippen LogP contribution in [0.2, 0.25) is 0 Å². The maximum atomic E-state index is 13.6. The number of nitrogens with zero attached hydrogens (tertiary/aromatic N) is 4. The zero-order valence-corrected chi connectivity index (χ0v) is 35.1. The zero-order valence-electron chi connectivity index (χ0n) is 28.2. The van der Waals surface area contributed by atoms with Gasteiger partial charge in [0.2, 0.25) is 0 Å². The minimum Gasteiger partial charge on any atom is -0.361 e. The molecule has 0 atom stereocenters. The lowest BCUT2D eigenvalue weighted by Crippen LogP contribution is -2.15. The average molecular weight is 972 g/mol. The lowest BCUT2D eigenvalue weighted by Gasteiger charge is -2.10. The molecule has 9 nitrogen and oxygen atoms in total. The summed E-state index contributed by atoms with van der Waals surface area (Å²) in [5, 5.41) is 2.67. The minimum absolute atomic E-state index is 0.241. The van der Waals surface area contributed by atoms with E-state index in [9.17, 15) is 16.8 Å². The predicted octanol–water partition coefficient (Wildman–Crippen LogP) is 10.1. The van der Waals surface area contributed by atoms with Crippen molar-refractivity contribution in [1.82, 2.24) is 22.9 Å². The molecule has 3 aromatic carbocycles. The summed E-state index contributed by atoms with van der Waals surface area (Å²) in [5.41, 5.74) is 7.03. The van der Waals surface area contributed by atoms with Crippen LogP contribution < -0.4 is 0 Å². The van der Waals surface area contributed by atoms with Gasteiger partial charge in [-0.05, 0) is 148 Å². The Morgan fingerprint density at radius 1 is 0.635 bits per heavy atom. The lowest BCUT2D eigenvalue weighted by molar-refractivity contribution is 0.585. The second-order valence-electron chi connectivity index (χ2n) is 12.4. The van der Waals surface area contributed by atoms with Crippen molar-refractivity contribution in [2.75, 3.05) is 0 Å². The molecule has 1 N–H and O–H groups in total. The van der Waals surface area contributed by atoms with E-state index in [1.54, 1.807) is 67.8 Å². The number of benzene rings is 3. The number of pyridine rings is 2. The van der Waals surface area contributed by atoms with E-state index in [0.717, 1.165) is 56.4 Å². The number of hydrogen-bond donors (Lipinski definition) is 1. The molecule has 0 aliphatic rings. The van der Waals surface area contributed by atoms with Gasteiger partial charge < -0.3 is 4.98 Å². The third-order valence-electron chi connectivity index (χ3n) is 8.81. The fraction of sp³-hybridized carbons (Fsp3) is 0.105. The van der Waals surface area contributed by atoms with Crippen LogP contribution in [0.4, 0.5) is 0 Å². The first-order valence-electron chi connectivity index (χ1n) is 15.9. The SMILES string of the molecule is Cc1ccc(S(=O)(=O)n2c(C)c(-c3ccc4[nH]ccc4c3)c3cc(Br)cnc32)cc1.Cc1ccc(S(=O)(=O)n2c(C)c(I)c3cc(Br)cnc32)cc1. The highest BCUT2D eigenvalue weighted by Gasteiger charge is 2.27. The molecule has 0 aliphatic carbocycles. The second-order valence-corrected chi connectivity index (χ2v) is 18.8. The fourth-order valence-electron chi connectivity index (χ4n) is 6.22. The number of H-pyrrole nitrogens is 1. The Balaban J connectivity index is 0.000000170. The van der Waals surface area contributed by atoms with Crippen LogP contribution in [0, 0.1) is 31.3 Å². The molecule has 0 saturated heterocycles. The third kappa shape index (κ3) is 6.42. The normalized spacial score (nSPS) is 12.1. The monoisotopic (exact) mass is 969 g/mol. The van der Waals surface area contributed by atoms with E-state index in [2.05, 4.69) is 75.5 Å². The van der Waals surface area contributed by atoms with E-state index in [1.807, 2.05) is 57.3 Å². The largest absolute Gasteiger partial charge is 0.361 e. The Morgan fingerprint density at radius 3 is 1.69 bits per heavy atom. The quantitative estimate of drug-likeness (QED) is 0.172. The van der Waals surface area contributed by atoms with Gasteiger partial charge in [0.1, 0.15) is 0 Å². The average Bonchev–Trinajstić information content (AvgIpc) is 3.77. The zero-order chi connectivity index (χ0) is 37.1. The summed E-state index contributed by atoms with van der Waals surface area (Å²) < 4.78 is 58.3. The molecule has 5 heterocycles. The van der Waals surface area contributed by atoms with Gasteiger partial charge in [0.25, 0.3) is 20.0 Å². The highest BCUT2D eigenvalue weighted by molar-refractivity contribution is 14.1. The van der Waals surface area contributed by atoms with Crippen molar-refractivity contribution >= 4 is 107 Å². The Hall–Kier alpha value is -3.83. The first-order valence-corrected chi connectivity index (χ1v) is 21.4. The smallest absolute Gasteiger partial charge is 0.269 e. The van der Waals surface area contributed by atoms with Gasteiger partial charge >= 0.3 is 0 Å². The van der Waals surface area contributed by atoms with E-state index in [4.69, 9.17) is 0 Å². The van der Waals surface area contributed by atoms with Crippen LogP contribution in [0.5, 0.6) is 0 Å². The number of aryl methyl sites for hydroxylation is 2. The summed E-state index contributed by atoms with van der Waals surface area (Å²) >= 11 is 9.02. The Bertz CT molecular complexity index is 2900. The lowest BCUT2D eigenvalue weighted by atomic mass is 10.0. The molecule has 0 unspecified atom stereocenters. The number of hydrogen-bond acceptors (Lipinski definition) is 6. The molecule has 8 aromatic rings. The number of fused-ring (bicyclic) bond motifs is 3. The number of rotatable bonds is 5. The van der Waals surface area contributed by atoms with E-state index >= 15 is 0 Å². The van der Waals surface area contributed by atoms with Gasteiger partial charge in [-0.25, -0.2) is 34.7 Å².